The highest BCUT2D eigenvalue weighted by Gasteiger charge is 2.29. The third-order valence-corrected chi connectivity index (χ3v) is 4.87. The predicted octanol–water partition coefficient (Wildman–Crippen LogP) is 1.08. The van der Waals surface area contributed by atoms with E-state index >= 15 is 0 Å². The van der Waals surface area contributed by atoms with Gasteiger partial charge in [-0.05, 0) is 43.5 Å². The Bertz CT molecular complexity index is 634. The van der Waals surface area contributed by atoms with Crippen molar-refractivity contribution in [2.75, 3.05) is 31.6 Å². The van der Waals surface area contributed by atoms with Crippen LogP contribution in [0.5, 0.6) is 5.75 Å². The molecule has 1 heterocycles. The molecule has 2 atom stereocenters. The second-order valence-electron chi connectivity index (χ2n) is 6.28. The molecule has 7 nitrogen and oxygen atoms in total. The maximum absolute atomic E-state index is 12.6. The fourth-order valence-electron chi connectivity index (χ4n) is 3.50. The van der Waals surface area contributed by atoms with Crippen LogP contribution in [0.25, 0.3) is 0 Å². The maximum Gasteiger partial charge on any atom is 0.322 e. The van der Waals surface area contributed by atoms with Gasteiger partial charge in [0.05, 0.1) is 12.8 Å². The van der Waals surface area contributed by atoms with Crippen LogP contribution in [0.15, 0.2) is 18.2 Å². The summed E-state index contributed by atoms with van der Waals surface area (Å²) in [6.45, 7) is 1.73. The molecule has 0 aromatic heterocycles. The van der Waals surface area contributed by atoms with E-state index < -0.39 is 0 Å². The molecule has 1 aliphatic carbocycles. The molecule has 0 bridgehead atoms. The van der Waals surface area contributed by atoms with Crippen molar-refractivity contribution in [3.05, 3.63) is 23.8 Å². The molecule has 3 rings (SSSR count). The van der Waals surface area contributed by atoms with Gasteiger partial charge in [0.1, 0.15) is 5.75 Å². The van der Waals surface area contributed by atoms with E-state index in [1.807, 2.05) is 0 Å². The van der Waals surface area contributed by atoms with Crippen LogP contribution in [0.2, 0.25) is 0 Å². The summed E-state index contributed by atoms with van der Waals surface area (Å²) in [7, 11) is 1.55. The summed E-state index contributed by atoms with van der Waals surface area (Å²) in [5.41, 5.74) is 6.91. The first kappa shape index (κ1) is 16.6. The first-order valence-corrected chi connectivity index (χ1v) is 8.38. The Balaban J connectivity index is 1.80. The van der Waals surface area contributed by atoms with Gasteiger partial charge in [-0.1, -0.05) is 6.42 Å². The standard InChI is InChI=1S/C17H24N4O3/c1-24-15-6-5-11(9-14(15)21-8-7-19-17(21)23)16(22)20-13-4-2-3-12(13)10-18/h5-6,9,12-13H,2-4,7-8,10,18H2,1H3,(H,19,23)(H,20,22)/t12-,13-/m0/s1. The van der Waals surface area contributed by atoms with E-state index in [0.717, 1.165) is 19.3 Å². The summed E-state index contributed by atoms with van der Waals surface area (Å²) in [4.78, 5) is 26.1. The minimum atomic E-state index is -0.176. The van der Waals surface area contributed by atoms with Crippen LogP contribution in [0.3, 0.4) is 0 Å². The third-order valence-electron chi connectivity index (χ3n) is 4.87. The number of rotatable bonds is 5. The Morgan fingerprint density at radius 2 is 2.29 bits per heavy atom. The average molecular weight is 332 g/mol. The number of hydrogen-bond donors (Lipinski definition) is 3. The molecule has 1 saturated heterocycles. The zero-order valence-corrected chi connectivity index (χ0v) is 13.9. The molecule has 1 aromatic rings. The fourth-order valence-corrected chi connectivity index (χ4v) is 3.50. The molecule has 0 spiro atoms. The monoisotopic (exact) mass is 332 g/mol. The van der Waals surface area contributed by atoms with E-state index in [0.29, 0.717) is 42.6 Å². The van der Waals surface area contributed by atoms with Crippen molar-refractivity contribution in [2.45, 2.75) is 25.3 Å². The second kappa shape index (κ2) is 7.09. The molecule has 24 heavy (non-hydrogen) atoms. The largest absolute Gasteiger partial charge is 0.495 e. The summed E-state index contributed by atoms with van der Waals surface area (Å²) in [6.07, 6.45) is 3.11. The Morgan fingerprint density at radius 3 is 2.96 bits per heavy atom. The molecule has 3 amide bonds. The zero-order valence-electron chi connectivity index (χ0n) is 13.9. The summed E-state index contributed by atoms with van der Waals surface area (Å²) in [5.74, 6) is 0.782. The number of amides is 3. The van der Waals surface area contributed by atoms with Crippen LogP contribution in [0.4, 0.5) is 10.5 Å². The topological polar surface area (TPSA) is 96.7 Å². The molecule has 2 fully saturated rings. The Kier molecular flexibility index (Phi) is 4.89. The molecule has 4 N–H and O–H groups in total. The van der Waals surface area contributed by atoms with E-state index in [2.05, 4.69) is 10.6 Å². The summed E-state index contributed by atoms with van der Waals surface area (Å²) in [6, 6.07) is 5.11. The minimum Gasteiger partial charge on any atom is -0.495 e. The number of ether oxygens (including phenoxy) is 1. The van der Waals surface area contributed by atoms with Crippen LogP contribution in [-0.2, 0) is 0 Å². The normalized spacial score (nSPS) is 23.2. The molecule has 1 aromatic carbocycles. The van der Waals surface area contributed by atoms with E-state index in [-0.39, 0.29) is 18.0 Å². The average Bonchev–Trinajstić information content (AvgIpc) is 3.22. The van der Waals surface area contributed by atoms with Crippen LogP contribution < -0.4 is 26.0 Å². The second-order valence-corrected chi connectivity index (χ2v) is 6.28. The van der Waals surface area contributed by atoms with Gasteiger partial charge in [0.25, 0.3) is 5.91 Å². The molecule has 1 aliphatic heterocycles. The van der Waals surface area contributed by atoms with Crippen molar-refractivity contribution in [1.82, 2.24) is 10.6 Å². The van der Waals surface area contributed by atoms with Gasteiger partial charge < -0.3 is 21.1 Å². The first-order valence-electron chi connectivity index (χ1n) is 8.38. The Labute approximate surface area is 141 Å². The number of nitrogens with one attached hydrogen (secondary N) is 2. The van der Waals surface area contributed by atoms with Crippen LogP contribution >= 0.6 is 0 Å². The van der Waals surface area contributed by atoms with Gasteiger partial charge >= 0.3 is 6.03 Å². The molecule has 130 valence electrons. The van der Waals surface area contributed by atoms with E-state index in [4.69, 9.17) is 10.5 Å². The van der Waals surface area contributed by atoms with E-state index in [9.17, 15) is 9.59 Å². The van der Waals surface area contributed by atoms with E-state index in [1.165, 1.54) is 0 Å². The van der Waals surface area contributed by atoms with Crippen LogP contribution in [-0.4, -0.2) is 44.7 Å². The highest BCUT2D eigenvalue weighted by molar-refractivity contribution is 6.00. The maximum atomic E-state index is 12.6. The quantitative estimate of drug-likeness (QED) is 0.752. The number of nitrogens with two attached hydrogens (primary N) is 1. The van der Waals surface area contributed by atoms with Crippen LogP contribution in [0, 0.1) is 5.92 Å². The Morgan fingerprint density at radius 1 is 1.46 bits per heavy atom. The van der Waals surface area contributed by atoms with Crippen LogP contribution in [0.1, 0.15) is 29.6 Å². The lowest BCUT2D eigenvalue weighted by molar-refractivity contribution is 0.0928. The zero-order chi connectivity index (χ0) is 17.1. The highest BCUT2D eigenvalue weighted by Crippen LogP contribution is 2.31. The number of carbonyl (C=O) groups is 2. The van der Waals surface area contributed by atoms with Crippen molar-refractivity contribution < 1.29 is 14.3 Å². The van der Waals surface area contributed by atoms with Gasteiger partial charge in [-0.15, -0.1) is 0 Å². The van der Waals surface area contributed by atoms with Gasteiger partial charge in [0.2, 0.25) is 0 Å². The van der Waals surface area contributed by atoms with Crippen molar-refractivity contribution in [3.63, 3.8) is 0 Å². The molecule has 7 heteroatoms. The van der Waals surface area contributed by atoms with Crippen molar-refractivity contribution in [1.29, 1.82) is 0 Å². The lowest BCUT2D eigenvalue weighted by Crippen LogP contribution is -2.40. The number of methoxy groups -OCH3 is 1. The molecule has 0 radical (unpaired) electrons. The van der Waals surface area contributed by atoms with E-state index in [1.54, 1.807) is 30.2 Å². The molecule has 2 aliphatic rings. The summed E-state index contributed by atoms with van der Waals surface area (Å²) < 4.78 is 5.34. The number of nitrogens with zero attached hydrogens (tertiary/aromatic N) is 1. The van der Waals surface area contributed by atoms with Gasteiger partial charge in [-0.25, -0.2) is 4.79 Å². The number of hydrogen-bond acceptors (Lipinski definition) is 4. The summed E-state index contributed by atoms with van der Waals surface area (Å²) >= 11 is 0. The smallest absolute Gasteiger partial charge is 0.322 e. The molecular formula is C17H24N4O3. The van der Waals surface area contributed by atoms with Crippen molar-refractivity contribution >= 4 is 17.6 Å². The highest BCUT2D eigenvalue weighted by atomic mass is 16.5. The lowest BCUT2D eigenvalue weighted by Gasteiger charge is -2.21. The number of urea groups is 1. The van der Waals surface area contributed by atoms with Gasteiger partial charge in [0, 0.05) is 24.7 Å². The molecule has 0 unspecified atom stereocenters. The summed E-state index contributed by atoms with van der Waals surface area (Å²) in [5, 5.41) is 5.84. The number of anilines is 1. The SMILES string of the molecule is COc1ccc(C(=O)N[C@H]2CCC[C@H]2CN)cc1N1CCNC1=O. The molecular weight excluding hydrogens is 308 g/mol. The van der Waals surface area contributed by atoms with Gasteiger partial charge in [-0.2, -0.15) is 0 Å². The predicted molar refractivity (Wildman–Crippen MR) is 91.4 cm³/mol. The first-order chi connectivity index (χ1) is 11.6. The Hall–Kier alpha value is -2.28. The number of benzene rings is 1. The lowest BCUT2D eigenvalue weighted by atomic mass is 10.0. The minimum absolute atomic E-state index is 0.128. The number of carbonyl (C=O) groups excluding carboxylic acids is 2. The van der Waals surface area contributed by atoms with Gasteiger partial charge in [0.15, 0.2) is 0 Å². The fraction of sp³-hybridized carbons (Fsp3) is 0.529. The van der Waals surface area contributed by atoms with Crippen molar-refractivity contribution in [2.24, 2.45) is 11.7 Å². The van der Waals surface area contributed by atoms with Gasteiger partial charge in [-0.3, -0.25) is 9.69 Å². The van der Waals surface area contributed by atoms with Crippen molar-refractivity contribution in [3.8, 4) is 5.75 Å². The third kappa shape index (κ3) is 3.17. The molecule has 1 saturated carbocycles.